The molecule has 1 unspecified atom stereocenters. The van der Waals surface area contributed by atoms with E-state index in [9.17, 15) is 4.79 Å². The van der Waals surface area contributed by atoms with Gasteiger partial charge in [0, 0.05) is 18.7 Å². The number of hydrogen-bond donors (Lipinski definition) is 0. The van der Waals surface area contributed by atoms with Crippen LogP contribution in [0.4, 0.5) is 5.88 Å². The molecule has 3 heteroatoms. The first-order valence-electron chi connectivity index (χ1n) is 5.04. The molecule has 1 rings (SSSR count). The van der Waals surface area contributed by atoms with Crippen LogP contribution in [0.5, 0.6) is 0 Å². The van der Waals surface area contributed by atoms with Gasteiger partial charge in [0.05, 0.1) is 0 Å². The first-order valence-corrected chi connectivity index (χ1v) is 5.04. The van der Waals surface area contributed by atoms with Gasteiger partial charge in [-0.15, -0.1) is 0 Å². The molecule has 0 bridgehead atoms. The third kappa shape index (κ3) is 2.16. The lowest BCUT2D eigenvalue weighted by Gasteiger charge is -2.26. The largest absolute Gasteiger partial charge is 0.438 e. The molecule has 78 valence electrons. The summed E-state index contributed by atoms with van der Waals surface area (Å²) in [4.78, 5) is 12.6. The van der Waals surface area contributed by atoms with Crippen LogP contribution >= 0.6 is 0 Å². The zero-order chi connectivity index (χ0) is 10.6. The molecule has 0 N–H and O–H groups in total. The van der Waals surface area contributed by atoms with Gasteiger partial charge < -0.3 is 9.32 Å². The lowest BCUT2D eigenvalue weighted by molar-refractivity contribution is 0.110. The normalized spacial score (nSPS) is 12.5. The van der Waals surface area contributed by atoms with E-state index in [4.69, 9.17) is 4.42 Å². The van der Waals surface area contributed by atoms with Crippen molar-refractivity contribution in [2.45, 2.75) is 33.2 Å². The molecule has 0 aliphatic rings. The Morgan fingerprint density at radius 2 is 2.21 bits per heavy atom. The molecule has 0 spiro atoms. The molecule has 1 aromatic heterocycles. The monoisotopic (exact) mass is 195 g/mol. The summed E-state index contributed by atoms with van der Waals surface area (Å²) in [5.74, 6) is 1.17. The number of furan rings is 1. The van der Waals surface area contributed by atoms with Crippen molar-refractivity contribution in [2.24, 2.45) is 0 Å². The van der Waals surface area contributed by atoms with Crippen molar-refractivity contribution < 1.29 is 9.21 Å². The fourth-order valence-corrected chi connectivity index (χ4v) is 1.47. The van der Waals surface area contributed by atoms with Gasteiger partial charge in [-0.25, -0.2) is 0 Å². The van der Waals surface area contributed by atoms with E-state index < -0.39 is 0 Å². The fraction of sp³-hybridized carbons (Fsp3) is 0.545. The molecule has 0 fully saturated rings. The molecule has 3 nitrogen and oxygen atoms in total. The molecule has 0 saturated heterocycles. The predicted molar refractivity (Wildman–Crippen MR) is 56.9 cm³/mol. The predicted octanol–water partition coefficient (Wildman–Crippen LogP) is 2.72. The van der Waals surface area contributed by atoms with Crippen molar-refractivity contribution in [3.63, 3.8) is 0 Å². The number of carbonyl (C=O) groups is 1. The van der Waals surface area contributed by atoms with Gasteiger partial charge in [-0.1, -0.05) is 6.92 Å². The number of hydrogen-bond acceptors (Lipinski definition) is 3. The number of rotatable bonds is 5. The van der Waals surface area contributed by atoms with E-state index in [1.54, 1.807) is 6.07 Å². The number of aldehydes is 1. The van der Waals surface area contributed by atoms with Gasteiger partial charge in [0.25, 0.3) is 0 Å². The summed E-state index contributed by atoms with van der Waals surface area (Å²) in [5, 5.41) is 0. The second-order valence-corrected chi connectivity index (χ2v) is 3.34. The summed E-state index contributed by atoms with van der Waals surface area (Å²) in [5.41, 5.74) is 0. The third-order valence-electron chi connectivity index (χ3n) is 2.48. The highest BCUT2D eigenvalue weighted by Crippen LogP contribution is 2.20. The molecule has 14 heavy (non-hydrogen) atoms. The number of anilines is 1. The smallest absolute Gasteiger partial charge is 0.196 e. The molecule has 1 aromatic rings. The van der Waals surface area contributed by atoms with E-state index in [1.807, 2.05) is 6.07 Å². The lowest BCUT2D eigenvalue weighted by atomic mass is 10.2. The minimum Gasteiger partial charge on any atom is -0.438 e. The van der Waals surface area contributed by atoms with Crippen LogP contribution in [0.25, 0.3) is 0 Å². The van der Waals surface area contributed by atoms with Crippen LogP contribution in [-0.4, -0.2) is 18.9 Å². The van der Waals surface area contributed by atoms with Crippen LogP contribution in [0.2, 0.25) is 0 Å². The van der Waals surface area contributed by atoms with Gasteiger partial charge in [-0.2, -0.15) is 0 Å². The standard InChI is InChI=1S/C11H17NO2/c1-4-9(3)12(5-2)11-7-6-10(8-13)14-11/h6-9H,4-5H2,1-3H3. The molecule has 1 atom stereocenters. The Hall–Kier alpha value is -1.25. The highest BCUT2D eigenvalue weighted by atomic mass is 16.4. The van der Waals surface area contributed by atoms with E-state index >= 15 is 0 Å². The zero-order valence-electron chi connectivity index (χ0n) is 8.99. The van der Waals surface area contributed by atoms with Gasteiger partial charge in [-0.3, -0.25) is 4.79 Å². The molecule has 1 heterocycles. The van der Waals surface area contributed by atoms with Crippen LogP contribution in [0.3, 0.4) is 0 Å². The Kier molecular flexibility index (Phi) is 3.74. The summed E-state index contributed by atoms with van der Waals surface area (Å²) in [6, 6.07) is 3.98. The van der Waals surface area contributed by atoms with Crippen molar-refractivity contribution in [1.29, 1.82) is 0 Å². The zero-order valence-corrected chi connectivity index (χ0v) is 8.99. The minimum absolute atomic E-state index is 0.391. The molecule has 0 radical (unpaired) electrons. The Balaban J connectivity index is 2.83. The van der Waals surface area contributed by atoms with Crippen molar-refractivity contribution in [2.75, 3.05) is 11.4 Å². The van der Waals surface area contributed by atoms with Crippen LogP contribution in [0.1, 0.15) is 37.7 Å². The highest BCUT2D eigenvalue weighted by Gasteiger charge is 2.14. The summed E-state index contributed by atoms with van der Waals surface area (Å²) in [6.45, 7) is 7.25. The first-order chi connectivity index (χ1) is 6.72. The topological polar surface area (TPSA) is 33.5 Å². The van der Waals surface area contributed by atoms with E-state index in [0.717, 1.165) is 25.1 Å². The van der Waals surface area contributed by atoms with Gasteiger partial charge in [0.1, 0.15) is 0 Å². The van der Waals surface area contributed by atoms with Crippen LogP contribution < -0.4 is 4.90 Å². The van der Waals surface area contributed by atoms with Gasteiger partial charge in [0.15, 0.2) is 17.9 Å². The van der Waals surface area contributed by atoms with Crippen LogP contribution in [0.15, 0.2) is 16.5 Å². The van der Waals surface area contributed by atoms with Crippen molar-refractivity contribution in [3.8, 4) is 0 Å². The van der Waals surface area contributed by atoms with Gasteiger partial charge >= 0.3 is 0 Å². The lowest BCUT2D eigenvalue weighted by Crippen LogP contribution is -2.31. The molecule has 0 saturated carbocycles. The van der Waals surface area contributed by atoms with Gasteiger partial charge in [0.2, 0.25) is 0 Å². The molecule has 0 aliphatic heterocycles. The minimum atomic E-state index is 0.391. The highest BCUT2D eigenvalue weighted by molar-refractivity contribution is 5.71. The third-order valence-corrected chi connectivity index (χ3v) is 2.48. The Morgan fingerprint density at radius 1 is 1.50 bits per heavy atom. The SMILES string of the molecule is CCC(C)N(CC)c1ccc(C=O)o1. The van der Waals surface area contributed by atoms with Gasteiger partial charge in [-0.05, 0) is 26.3 Å². The van der Waals surface area contributed by atoms with E-state index in [1.165, 1.54) is 0 Å². The average Bonchev–Trinajstić information content (AvgIpc) is 2.67. The molecular weight excluding hydrogens is 178 g/mol. The first kappa shape index (κ1) is 10.8. The van der Waals surface area contributed by atoms with Crippen LogP contribution in [0, 0.1) is 0 Å². The molecule has 0 aliphatic carbocycles. The van der Waals surface area contributed by atoms with Crippen molar-refractivity contribution in [3.05, 3.63) is 17.9 Å². The summed E-state index contributed by atoms with van der Waals surface area (Å²) < 4.78 is 5.37. The fourth-order valence-electron chi connectivity index (χ4n) is 1.47. The number of nitrogens with zero attached hydrogens (tertiary/aromatic N) is 1. The van der Waals surface area contributed by atoms with Crippen molar-refractivity contribution >= 4 is 12.2 Å². The Morgan fingerprint density at radius 3 is 2.64 bits per heavy atom. The average molecular weight is 195 g/mol. The summed E-state index contributed by atoms with van der Waals surface area (Å²) in [7, 11) is 0. The maximum Gasteiger partial charge on any atom is 0.196 e. The van der Waals surface area contributed by atoms with E-state index in [0.29, 0.717) is 11.8 Å². The second kappa shape index (κ2) is 4.84. The Bertz CT molecular complexity index is 293. The Labute approximate surface area is 84.7 Å². The van der Waals surface area contributed by atoms with E-state index in [-0.39, 0.29) is 0 Å². The second-order valence-electron chi connectivity index (χ2n) is 3.34. The molecule has 0 amide bonds. The van der Waals surface area contributed by atoms with Crippen molar-refractivity contribution in [1.82, 2.24) is 0 Å². The maximum atomic E-state index is 10.5. The quantitative estimate of drug-likeness (QED) is 0.677. The number of carbonyl (C=O) groups excluding carboxylic acids is 1. The van der Waals surface area contributed by atoms with Crippen LogP contribution in [-0.2, 0) is 0 Å². The molecular formula is C11H17NO2. The molecule has 0 aromatic carbocycles. The summed E-state index contributed by atoms with van der Waals surface area (Å²) >= 11 is 0. The summed E-state index contributed by atoms with van der Waals surface area (Å²) in [6.07, 6.45) is 1.79. The van der Waals surface area contributed by atoms with E-state index in [2.05, 4.69) is 25.7 Å². The maximum absolute atomic E-state index is 10.5.